The minimum absolute atomic E-state index is 0.0496. The predicted molar refractivity (Wildman–Crippen MR) is 178 cm³/mol. The van der Waals surface area contributed by atoms with E-state index in [1.807, 2.05) is 56.3 Å². The van der Waals surface area contributed by atoms with Crippen molar-refractivity contribution in [1.82, 2.24) is 14.7 Å². The first kappa shape index (κ1) is 33.2. The smallest absolute Gasteiger partial charge is 0.321 e. The number of aliphatic hydroxyl groups excluding tert-OH is 1. The number of anilines is 2. The highest BCUT2D eigenvalue weighted by Crippen LogP contribution is 2.30. The summed E-state index contributed by atoms with van der Waals surface area (Å²) in [4.78, 5) is 45.2. The largest absolute Gasteiger partial charge is 0.488 e. The number of hydrogen-bond acceptors (Lipinski definition) is 7. The van der Waals surface area contributed by atoms with E-state index in [0.717, 1.165) is 29.5 Å². The Hall–Kier alpha value is -4.19. The summed E-state index contributed by atoms with van der Waals surface area (Å²) in [5, 5.41) is 17.9. The summed E-state index contributed by atoms with van der Waals surface area (Å²) in [6.07, 6.45) is -0.0648. The summed E-state index contributed by atoms with van der Waals surface area (Å²) in [5.41, 5.74) is 1.93. The van der Waals surface area contributed by atoms with Gasteiger partial charge in [-0.3, -0.25) is 14.5 Å². The third-order valence-corrected chi connectivity index (χ3v) is 8.79. The maximum absolute atomic E-state index is 13.6. The number of rotatable bonds is 9. The summed E-state index contributed by atoms with van der Waals surface area (Å²) in [7, 11) is 1.72. The second kappa shape index (κ2) is 15.4. The van der Waals surface area contributed by atoms with Crippen LogP contribution in [-0.4, -0.2) is 109 Å². The van der Waals surface area contributed by atoms with Crippen LogP contribution in [0.2, 0.25) is 0 Å². The molecule has 0 saturated carbocycles. The van der Waals surface area contributed by atoms with Crippen LogP contribution in [0.4, 0.5) is 16.2 Å². The number of hydrogen-bond donors (Lipinski definition) is 3. The lowest BCUT2D eigenvalue weighted by Crippen LogP contribution is -2.48. The average Bonchev–Trinajstić information content (AvgIpc) is 3.11. The van der Waals surface area contributed by atoms with E-state index in [9.17, 15) is 19.5 Å². The zero-order valence-corrected chi connectivity index (χ0v) is 26.9. The van der Waals surface area contributed by atoms with Crippen LogP contribution in [-0.2, 0) is 20.7 Å². The van der Waals surface area contributed by atoms with Gasteiger partial charge in [0.1, 0.15) is 11.9 Å². The third kappa shape index (κ3) is 8.34. The Bertz CT molecular complexity index is 1520. The number of carbonyl (C=O) groups is 3. The predicted octanol–water partition coefficient (Wildman–Crippen LogP) is 3.81. The SMILES string of the molecule is C[C@H](CO)N1C[C@H](C)[C@@H](CN(C)C(=O)Nc2cccc3ccccc23)Oc2ccc(NC(=O)CCN3CCOCC3)cc2CC1=O. The molecule has 3 atom stereocenters. The topological polar surface area (TPSA) is 124 Å². The first-order valence-electron chi connectivity index (χ1n) is 16.0. The summed E-state index contributed by atoms with van der Waals surface area (Å²) >= 11 is 0. The number of fused-ring (bicyclic) bond motifs is 2. The van der Waals surface area contributed by atoms with Crippen LogP contribution in [0.25, 0.3) is 10.8 Å². The van der Waals surface area contributed by atoms with Gasteiger partial charge < -0.3 is 35.0 Å². The van der Waals surface area contributed by atoms with Crippen molar-refractivity contribution in [3.63, 3.8) is 0 Å². The molecule has 46 heavy (non-hydrogen) atoms. The van der Waals surface area contributed by atoms with Crippen molar-refractivity contribution in [2.24, 2.45) is 5.92 Å². The molecule has 3 aromatic rings. The average molecular weight is 632 g/mol. The molecule has 0 spiro atoms. The molecule has 1 saturated heterocycles. The van der Waals surface area contributed by atoms with E-state index in [0.29, 0.717) is 49.7 Å². The normalized spacial score (nSPS) is 19.7. The van der Waals surface area contributed by atoms with E-state index in [1.54, 1.807) is 35.0 Å². The van der Waals surface area contributed by atoms with Gasteiger partial charge in [-0.15, -0.1) is 0 Å². The maximum atomic E-state index is 13.6. The lowest BCUT2D eigenvalue weighted by Gasteiger charge is -2.34. The third-order valence-electron chi connectivity index (χ3n) is 8.79. The second-order valence-electron chi connectivity index (χ2n) is 12.3. The first-order valence-corrected chi connectivity index (χ1v) is 16.0. The van der Waals surface area contributed by atoms with E-state index in [4.69, 9.17) is 9.47 Å². The van der Waals surface area contributed by atoms with E-state index in [-0.39, 0.29) is 43.3 Å². The number of aliphatic hydroxyl groups is 1. The molecule has 11 heteroatoms. The van der Waals surface area contributed by atoms with E-state index in [1.165, 1.54) is 0 Å². The van der Waals surface area contributed by atoms with Gasteiger partial charge >= 0.3 is 6.03 Å². The molecule has 0 aromatic heterocycles. The highest BCUT2D eigenvalue weighted by Gasteiger charge is 2.32. The van der Waals surface area contributed by atoms with Crippen molar-refractivity contribution < 1.29 is 29.0 Å². The zero-order chi connectivity index (χ0) is 32.6. The summed E-state index contributed by atoms with van der Waals surface area (Å²) < 4.78 is 12.0. The summed E-state index contributed by atoms with van der Waals surface area (Å²) in [5.74, 6) is 0.105. The first-order chi connectivity index (χ1) is 22.2. The van der Waals surface area contributed by atoms with Crippen LogP contribution in [0, 0.1) is 5.92 Å². The molecule has 1 fully saturated rings. The molecule has 5 rings (SSSR count). The Morgan fingerprint density at radius 3 is 2.61 bits per heavy atom. The van der Waals surface area contributed by atoms with Crippen molar-refractivity contribution in [1.29, 1.82) is 0 Å². The van der Waals surface area contributed by atoms with Crippen molar-refractivity contribution >= 4 is 40.0 Å². The number of carbonyl (C=O) groups excluding carboxylic acids is 3. The van der Waals surface area contributed by atoms with Gasteiger partial charge in [0, 0.05) is 62.2 Å². The Morgan fingerprint density at radius 1 is 1.07 bits per heavy atom. The number of morpholine rings is 1. The number of benzene rings is 3. The quantitative estimate of drug-likeness (QED) is 0.328. The number of nitrogens with one attached hydrogen (secondary N) is 2. The molecular formula is C35H45N5O6. The number of ether oxygens (including phenoxy) is 2. The fraction of sp³-hybridized carbons (Fsp3) is 0.457. The van der Waals surface area contributed by atoms with E-state index in [2.05, 4.69) is 15.5 Å². The van der Waals surface area contributed by atoms with Crippen molar-refractivity contribution in [2.45, 2.75) is 38.8 Å². The van der Waals surface area contributed by atoms with Crippen LogP contribution >= 0.6 is 0 Å². The van der Waals surface area contributed by atoms with Crippen LogP contribution < -0.4 is 15.4 Å². The van der Waals surface area contributed by atoms with Crippen molar-refractivity contribution in [3.05, 3.63) is 66.2 Å². The lowest BCUT2D eigenvalue weighted by atomic mass is 10.0. The minimum Gasteiger partial charge on any atom is -0.488 e. The Morgan fingerprint density at radius 2 is 1.83 bits per heavy atom. The molecule has 11 nitrogen and oxygen atoms in total. The van der Waals surface area contributed by atoms with Gasteiger partial charge in [-0.05, 0) is 36.6 Å². The molecule has 246 valence electrons. The maximum Gasteiger partial charge on any atom is 0.321 e. The molecule has 4 amide bonds. The van der Waals surface area contributed by atoms with E-state index < -0.39 is 12.1 Å². The van der Waals surface area contributed by atoms with Crippen LogP contribution in [0.15, 0.2) is 60.7 Å². The molecular weight excluding hydrogens is 586 g/mol. The van der Waals surface area contributed by atoms with Crippen molar-refractivity contribution in [2.75, 3.05) is 70.2 Å². The van der Waals surface area contributed by atoms with Crippen LogP contribution in [0.5, 0.6) is 5.75 Å². The molecule has 2 heterocycles. The lowest BCUT2D eigenvalue weighted by molar-refractivity contribution is -0.134. The highest BCUT2D eigenvalue weighted by atomic mass is 16.5. The molecule has 2 aliphatic rings. The molecule has 0 bridgehead atoms. The van der Waals surface area contributed by atoms with Crippen LogP contribution in [0.3, 0.4) is 0 Å². The Labute approximate surface area is 270 Å². The summed E-state index contributed by atoms with van der Waals surface area (Å²) in [6, 6.07) is 18.3. The van der Waals surface area contributed by atoms with Gasteiger partial charge in [0.2, 0.25) is 11.8 Å². The molecule has 0 aliphatic carbocycles. The molecule has 3 N–H and O–H groups in total. The van der Waals surface area contributed by atoms with Gasteiger partial charge in [0.25, 0.3) is 0 Å². The van der Waals surface area contributed by atoms with Gasteiger partial charge in [-0.1, -0.05) is 43.3 Å². The molecule has 2 aliphatic heterocycles. The standard InChI is InChI=1S/C35H45N5O6/c1-24-21-40(25(2)23-41)34(43)20-27-19-28(36-33(42)13-14-39-15-17-45-18-16-39)11-12-31(27)46-32(24)22-38(3)35(44)37-30-10-6-8-26-7-4-5-9-29(26)30/h4-12,19,24-25,32,41H,13-18,20-23H2,1-3H3,(H,36,42)(H,37,44)/t24-,25+,32+/m0/s1. The number of amides is 4. The zero-order valence-electron chi connectivity index (χ0n) is 26.9. The number of urea groups is 1. The molecule has 3 aromatic carbocycles. The number of likely N-dealkylation sites (N-methyl/N-ethyl adjacent to an activating group) is 1. The summed E-state index contributed by atoms with van der Waals surface area (Å²) in [6.45, 7) is 7.86. The Balaban J connectivity index is 1.32. The molecule has 0 unspecified atom stereocenters. The molecule has 0 radical (unpaired) electrons. The second-order valence-corrected chi connectivity index (χ2v) is 12.3. The Kier molecular flexibility index (Phi) is 11.1. The van der Waals surface area contributed by atoms with Crippen LogP contribution in [0.1, 0.15) is 25.8 Å². The fourth-order valence-electron chi connectivity index (χ4n) is 5.93. The number of nitrogens with zero attached hydrogens (tertiary/aromatic N) is 3. The fourth-order valence-corrected chi connectivity index (χ4v) is 5.93. The van der Waals surface area contributed by atoms with Gasteiger partial charge in [-0.2, -0.15) is 0 Å². The van der Waals surface area contributed by atoms with Crippen molar-refractivity contribution in [3.8, 4) is 5.75 Å². The van der Waals surface area contributed by atoms with Gasteiger partial charge in [0.15, 0.2) is 0 Å². The minimum atomic E-state index is -0.463. The van der Waals surface area contributed by atoms with E-state index >= 15 is 0 Å². The monoisotopic (exact) mass is 631 g/mol. The highest BCUT2D eigenvalue weighted by molar-refractivity contribution is 6.01. The van der Waals surface area contributed by atoms with Gasteiger partial charge in [0.05, 0.1) is 44.5 Å². The van der Waals surface area contributed by atoms with Gasteiger partial charge in [-0.25, -0.2) is 4.79 Å².